The van der Waals surface area contributed by atoms with E-state index in [1.165, 1.54) is 17.1 Å². The number of likely N-dealkylation sites (tertiary alicyclic amines) is 1. The summed E-state index contributed by atoms with van der Waals surface area (Å²) in [6, 6.07) is 6.77. The average molecular weight is 605 g/mol. The number of carbonyl (C=O) groups excluding carboxylic acids is 4. The summed E-state index contributed by atoms with van der Waals surface area (Å²) in [7, 11) is 0. The number of aryl methyl sites for hydroxylation is 1. The zero-order valence-electron chi connectivity index (χ0n) is 24.1. The Hall–Kier alpha value is -3.62. The zero-order valence-corrected chi connectivity index (χ0v) is 24.1. The van der Waals surface area contributed by atoms with Crippen molar-refractivity contribution in [3.63, 3.8) is 0 Å². The molecule has 8 atom stereocenters. The van der Waals surface area contributed by atoms with Crippen molar-refractivity contribution in [3.05, 3.63) is 61.2 Å². The quantitative estimate of drug-likeness (QED) is 0.125. The Kier molecular flexibility index (Phi) is 12.8. The van der Waals surface area contributed by atoms with Crippen molar-refractivity contribution in [2.24, 2.45) is 0 Å². The third-order valence-electron chi connectivity index (χ3n) is 7.20. The number of hydrogen-bond acceptors (Lipinski definition) is 12. The van der Waals surface area contributed by atoms with Crippen molar-refractivity contribution in [1.29, 1.82) is 0 Å². The molecule has 0 aliphatic carbocycles. The number of amides is 1. The Morgan fingerprint density at radius 2 is 1.70 bits per heavy atom. The van der Waals surface area contributed by atoms with E-state index in [4.69, 9.17) is 18.9 Å². The predicted molar refractivity (Wildman–Crippen MR) is 151 cm³/mol. The molecular formula is C30H40N2O11. The van der Waals surface area contributed by atoms with Gasteiger partial charge < -0.3 is 39.2 Å². The van der Waals surface area contributed by atoms with Gasteiger partial charge in [-0.3, -0.25) is 14.9 Å². The lowest BCUT2D eigenvalue weighted by Gasteiger charge is -2.39. The number of nitrogens with one attached hydrogen (secondary N) is 1. The summed E-state index contributed by atoms with van der Waals surface area (Å²) in [6.07, 6.45) is -4.80. The summed E-state index contributed by atoms with van der Waals surface area (Å²) in [4.78, 5) is 52.9. The minimum absolute atomic E-state index is 0.0123. The molecule has 0 radical (unpaired) electrons. The zero-order chi connectivity index (χ0) is 31.5. The van der Waals surface area contributed by atoms with Crippen LogP contribution in [-0.2, 0) is 44.5 Å². The van der Waals surface area contributed by atoms with Crippen molar-refractivity contribution in [2.75, 3.05) is 19.8 Å². The second-order valence-corrected chi connectivity index (χ2v) is 10.3. The Morgan fingerprint density at radius 3 is 2.37 bits per heavy atom. The van der Waals surface area contributed by atoms with E-state index in [1.54, 1.807) is 6.92 Å². The molecule has 1 aromatic rings. The van der Waals surface area contributed by atoms with Crippen LogP contribution in [0.25, 0.3) is 0 Å². The third-order valence-corrected chi connectivity index (χ3v) is 7.20. The highest BCUT2D eigenvalue weighted by atomic mass is 16.7. The molecule has 236 valence electrons. The van der Waals surface area contributed by atoms with Crippen LogP contribution in [-0.4, -0.2) is 113 Å². The predicted octanol–water partition coefficient (Wildman–Crippen LogP) is -0.234. The first-order valence-corrected chi connectivity index (χ1v) is 14.1. The van der Waals surface area contributed by atoms with Crippen LogP contribution in [0.3, 0.4) is 0 Å². The Balaban J connectivity index is 1.65. The van der Waals surface area contributed by atoms with Gasteiger partial charge in [0, 0.05) is 6.54 Å². The standard InChI is InChI=1S/C30H40N2O11/c1-4-16-40-27(37)20(14-13-19-10-7-6-8-11-19)31-18(3)26(36)32-15-9-12-21(32)28(38)43-30-24(35)22(33)23(34)25(42-30)29(39)41-17-5-2/h4-8,10-11,18,20-25,30-31,33-35H,1-2,9,12-17H2,3H3/t18-,20+,21+,22-,23-,24+,25-,30-/m0/s1. The van der Waals surface area contributed by atoms with Crippen LogP contribution >= 0.6 is 0 Å². The highest BCUT2D eigenvalue weighted by Gasteiger charge is 2.50. The fourth-order valence-electron chi connectivity index (χ4n) is 4.92. The first-order valence-electron chi connectivity index (χ1n) is 14.1. The molecule has 2 aliphatic heterocycles. The van der Waals surface area contributed by atoms with Crippen molar-refractivity contribution >= 4 is 23.8 Å². The lowest BCUT2D eigenvalue weighted by Crippen LogP contribution is -2.61. The molecule has 3 rings (SSSR count). The van der Waals surface area contributed by atoms with E-state index in [1.807, 2.05) is 30.3 Å². The topological polar surface area (TPSA) is 181 Å². The smallest absolute Gasteiger partial charge is 0.338 e. The van der Waals surface area contributed by atoms with Gasteiger partial charge in [-0.05, 0) is 38.2 Å². The van der Waals surface area contributed by atoms with Gasteiger partial charge in [-0.1, -0.05) is 55.6 Å². The maximum absolute atomic E-state index is 13.5. The van der Waals surface area contributed by atoms with Gasteiger partial charge in [0.25, 0.3) is 0 Å². The van der Waals surface area contributed by atoms with Crippen LogP contribution in [0.15, 0.2) is 55.6 Å². The molecule has 0 aromatic heterocycles. The first kappa shape index (κ1) is 33.9. The summed E-state index contributed by atoms with van der Waals surface area (Å²) < 4.78 is 20.7. The fourth-order valence-corrected chi connectivity index (χ4v) is 4.92. The molecule has 0 bridgehead atoms. The summed E-state index contributed by atoms with van der Waals surface area (Å²) in [6.45, 7) is 8.58. The summed E-state index contributed by atoms with van der Waals surface area (Å²) >= 11 is 0. The fraction of sp³-hybridized carbons (Fsp3) is 0.533. The molecule has 4 N–H and O–H groups in total. The minimum Gasteiger partial charge on any atom is -0.460 e. The van der Waals surface area contributed by atoms with Gasteiger partial charge in [-0.2, -0.15) is 0 Å². The molecule has 2 heterocycles. The Bertz CT molecular complexity index is 1130. The van der Waals surface area contributed by atoms with E-state index in [0.717, 1.165) is 5.56 Å². The number of benzene rings is 1. The van der Waals surface area contributed by atoms with E-state index in [0.29, 0.717) is 19.3 Å². The number of esters is 3. The molecule has 43 heavy (non-hydrogen) atoms. The summed E-state index contributed by atoms with van der Waals surface area (Å²) in [5, 5.41) is 33.8. The third kappa shape index (κ3) is 8.94. The second kappa shape index (κ2) is 16.3. The normalized spacial score (nSPS) is 26.6. The number of ether oxygens (including phenoxy) is 4. The molecular weight excluding hydrogens is 564 g/mol. The number of hydrogen-bond donors (Lipinski definition) is 4. The van der Waals surface area contributed by atoms with Crippen LogP contribution in [0.2, 0.25) is 0 Å². The highest BCUT2D eigenvalue weighted by molar-refractivity contribution is 5.88. The number of aliphatic hydroxyl groups is 3. The average Bonchev–Trinajstić information content (AvgIpc) is 3.51. The first-order chi connectivity index (χ1) is 20.6. The lowest BCUT2D eigenvalue weighted by molar-refractivity contribution is -0.288. The summed E-state index contributed by atoms with van der Waals surface area (Å²) in [5.41, 5.74) is 1.01. The molecule has 2 saturated heterocycles. The van der Waals surface area contributed by atoms with Crippen molar-refractivity contribution in [1.82, 2.24) is 10.2 Å². The van der Waals surface area contributed by atoms with E-state index in [9.17, 15) is 34.5 Å². The van der Waals surface area contributed by atoms with E-state index in [2.05, 4.69) is 18.5 Å². The lowest BCUT2D eigenvalue weighted by atomic mass is 9.99. The van der Waals surface area contributed by atoms with Gasteiger partial charge >= 0.3 is 17.9 Å². The van der Waals surface area contributed by atoms with Crippen molar-refractivity contribution in [2.45, 2.75) is 81.4 Å². The number of aliphatic hydroxyl groups excluding tert-OH is 3. The van der Waals surface area contributed by atoms with Gasteiger partial charge in [0.05, 0.1) is 6.04 Å². The van der Waals surface area contributed by atoms with Gasteiger partial charge in [-0.25, -0.2) is 9.59 Å². The van der Waals surface area contributed by atoms with Crippen molar-refractivity contribution < 1.29 is 53.4 Å². The van der Waals surface area contributed by atoms with Gasteiger partial charge in [-0.15, -0.1) is 0 Å². The molecule has 13 heteroatoms. The molecule has 0 spiro atoms. The van der Waals surface area contributed by atoms with Crippen LogP contribution < -0.4 is 5.32 Å². The largest absolute Gasteiger partial charge is 0.460 e. The number of rotatable bonds is 14. The maximum atomic E-state index is 13.5. The minimum atomic E-state index is -1.88. The highest BCUT2D eigenvalue weighted by Crippen LogP contribution is 2.26. The van der Waals surface area contributed by atoms with Gasteiger partial charge in [0.2, 0.25) is 12.2 Å². The molecule has 2 fully saturated rings. The molecule has 0 unspecified atom stereocenters. The molecule has 1 amide bonds. The molecule has 1 aromatic carbocycles. The molecule has 0 saturated carbocycles. The Morgan fingerprint density at radius 1 is 1.02 bits per heavy atom. The van der Waals surface area contributed by atoms with E-state index >= 15 is 0 Å². The SMILES string of the molecule is C=CCOC(=O)[C@H]1O[C@@H](OC(=O)[C@H]2CCCN2C(=O)[C@H](C)N[C@H](CCc2ccccc2)C(=O)OCC=C)[C@H](O)[C@@H](O)[C@@H]1O. The van der Waals surface area contributed by atoms with Gasteiger partial charge in [0.15, 0.2) is 6.10 Å². The maximum Gasteiger partial charge on any atom is 0.338 e. The van der Waals surface area contributed by atoms with Crippen molar-refractivity contribution in [3.8, 4) is 0 Å². The summed E-state index contributed by atoms with van der Waals surface area (Å²) in [5.74, 6) is -2.99. The van der Waals surface area contributed by atoms with Crippen LogP contribution in [0.1, 0.15) is 31.7 Å². The molecule has 13 nitrogen and oxygen atoms in total. The second-order valence-electron chi connectivity index (χ2n) is 10.3. The van der Waals surface area contributed by atoms with Crippen LogP contribution in [0.4, 0.5) is 0 Å². The number of nitrogens with zero attached hydrogens (tertiary/aromatic N) is 1. The van der Waals surface area contributed by atoms with Crippen LogP contribution in [0.5, 0.6) is 0 Å². The number of carbonyl (C=O) groups is 4. The van der Waals surface area contributed by atoms with Crippen LogP contribution in [0, 0.1) is 0 Å². The van der Waals surface area contributed by atoms with Gasteiger partial charge in [0.1, 0.15) is 43.6 Å². The van der Waals surface area contributed by atoms with E-state index < -0.39 is 72.6 Å². The van der Waals surface area contributed by atoms with E-state index in [-0.39, 0.29) is 26.2 Å². The Labute approximate surface area is 250 Å². The monoisotopic (exact) mass is 604 g/mol. The molecule has 2 aliphatic rings.